The van der Waals surface area contributed by atoms with E-state index in [1.54, 1.807) is 18.2 Å². The van der Waals surface area contributed by atoms with Crippen LogP contribution in [0.15, 0.2) is 57.4 Å². The number of carboxylic acid groups (broad SMARTS) is 1. The summed E-state index contributed by atoms with van der Waals surface area (Å²) in [5, 5.41) is 11.4. The Morgan fingerprint density at radius 3 is 2.57 bits per heavy atom. The molecule has 0 fully saturated rings. The normalized spacial score (nSPS) is 11.0. The average Bonchev–Trinajstić information content (AvgIpc) is 3.14. The van der Waals surface area contributed by atoms with Crippen molar-refractivity contribution in [3.05, 3.63) is 89.2 Å². The number of carboxylic acids is 1. The van der Waals surface area contributed by atoms with E-state index in [9.17, 15) is 19.5 Å². The molecule has 0 aliphatic heterocycles. The number of benzene rings is 2. The van der Waals surface area contributed by atoms with E-state index in [2.05, 4.69) is 4.98 Å². The Morgan fingerprint density at radius 1 is 1.13 bits per heavy atom. The van der Waals surface area contributed by atoms with Crippen molar-refractivity contribution in [2.75, 3.05) is 0 Å². The molecule has 4 rings (SSSR count). The Balaban J connectivity index is 1.77. The smallest absolute Gasteiger partial charge is 0.346 e. The molecule has 0 unspecified atom stereocenters. The highest BCUT2D eigenvalue weighted by molar-refractivity contribution is 7.13. The van der Waals surface area contributed by atoms with Crippen molar-refractivity contribution in [1.82, 2.24) is 9.55 Å². The molecule has 0 saturated carbocycles. The Hall–Kier alpha value is -3.07. The van der Waals surface area contributed by atoms with Crippen molar-refractivity contribution in [1.29, 1.82) is 0 Å². The van der Waals surface area contributed by atoms with Crippen LogP contribution in [0.2, 0.25) is 10.0 Å². The number of hydrogen-bond acceptors (Lipinski definition) is 5. The van der Waals surface area contributed by atoms with E-state index in [0.29, 0.717) is 10.8 Å². The standard InChI is InChI=1S/C20H12Cl2N2O5S/c21-11-3-1-10(2-4-11)8-29-12-5-6-13(22)15(7-12)24-18(25)16-14(23-20(24)28)9-30-17(16)19(26)27/h1-7,9H,8H2,(H,23,28)(H,26,27). The molecule has 0 aliphatic carbocycles. The summed E-state index contributed by atoms with van der Waals surface area (Å²) < 4.78 is 6.55. The van der Waals surface area contributed by atoms with E-state index in [4.69, 9.17) is 27.9 Å². The third kappa shape index (κ3) is 3.72. The first-order valence-corrected chi connectivity index (χ1v) is 10.2. The molecule has 0 spiro atoms. The largest absolute Gasteiger partial charge is 0.489 e. The molecule has 30 heavy (non-hydrogen) atoms. The molecular weight excluding hydrogens is 451 g/mol. The maximum Gasteiger partial charge on any atom is 0.346 e. The predicted octanol–water partition coefficient (Wildman–Crippen LogP) is 4.32. The Kier molecular flexibility index (Phi) is 5.38. The van der Waals surface area contributed by atoms with Crippen LogP contribution >= 0.6 is 34.5 Å². The molecule has 2 heterocycles. The van der Waals surface area contributed by atoms with Crippen molar-refractivity contribution in [2.45, 2.75) is 6.61 Å². The summed E-state index contributed by atoms with van der Waals surface area (Å²) in [5.74, 6) is -0.878. The molecule has 10 heteroatoms. The van der Waals surface area contributed by atoms with Crippen LogP contribution in [0, 0.1) is 0 Å². The zero-order chi connectivity index (χ0) is 21.4. The molecule has 0 amide bonds. The van der Waals surface area contributed by atoms with Crippen molar-refractivity contribution in [3.63, 3.8) is 0 Å². The minimum atomic E-state index is -1.25. The number of H-pyrrole nitrogens is 1. The summed E-state index contributed by atoms with van der Waals surface area (Å²) in [6, 6.07) is 11.7. The number of hydrogen-bond donors (Lipinski definition) is 2. The molecule has 0 radical (unpaired) electrons. The molecule has 0 atom stereocenters. The number of ether oxygens (including phenoxy) is 1. The zero-order valence-corrected chi connectivity index (χ0v) is 17.3. The van der Waals surface area contributed by atoms with E-state index >= 15 is 0 Å². The lowest BCUT2D eigenvalue weighted by molar-refractivity contribution is 0.0704. The molecule has 152 valence electrons. The highest BCUT2D eigenvalue weighted by Gasteiger charge is 2.20. The minimum absolute atomic E-state index is 0.0842. The quantitative estimate of drug-likeness (QED) is 0.459. The van der Waals surface area contributed by atoms with E-state index < -0.39 is 17.2 Å². The number of aromatic carboxylic acids is 1. The van der Waals surface area contributed by atoms with Crippen LogP contribution in [-0.2, 0) is 6.61 Å². The lowest BCUT2D eigenvalue weighted by Crippen LogP contribution is -2.34. The topological polar surface area (TPSA) is 101 Å². The van der Waals surface area contributed by atoms with E-state index in [0.717, 1.165) is 21.5 Å². The van der Waals surface area contributed by atoms with E-state index in [-0.39, 0.29) is 33.1 Å². The third-order valence-electron chi connectivity index (χ3n) is 4.32. The number of aromatic nitrogens is 2. The number of thiophene rings is 1. The van der Waals surface area contributed by atoms with Gasteiger partial charge in [0.2, 0.25) is 0 Å². The summed E-state index contributed by atoms with van der Waals surface area (Å²) in [5.41, 5.74) is -0.393. The summed E-state index contributed by atoms with van der Waals surface area (Å²) in [4.78, 5) is 39.3. The van der Waals surface area contributed by atoms with Gasteiger partial charge >= 0.3 is 11.7 Å². The first kappa shape index (κ1) is 20.2. The van der Waals surface area contributed by atoms with Gasteiger partial charge in [-0.05, 0) is 29.8 Å². The molecule has 0 bridgehead atoms. The van der Waals surface area contributed by atoms with Crippen LogP contribution in [0.1, 0.15) is 15.2 Å². The lowest BCUT2D eigenvalue weighted by Gasteiger charge is -2.11. The van der Waals surface area contributed by atoms with Crippen LogP contribution in [-0.4, -0.2) is 20.6 Å². The second kappa shape index (κ2) is 7.98. The van der Waals surface area contributed by atoms with Gasteiger partial charge in [0.25, 0.3) is 5.56 Å². The van der Waals surface area contributed by atoms with Crippen LogP contribution < -0.4 is 16.0 Å². The van der Waals surface area contributed by atoms with Crippen molar-refractivity contribution >= 4 is 51.4 Å². The Bertz CT molecular complexity index is 1390. The summed E-state index contributed by atoms with van der Waals surface area (Å²) in [6.45, 7) is 0.232. The SMILES string of the molecule is O=C(O)c1scc2[nH]c(=O)n(-c3cc(OCc4ccc(Cl)cc4)ccc3Cl)c(=O)c12. The van der Waals surface area contributed by atoms with E-state index in [1.807, 2.05) is 12.1 Å². The van der Waals surface area contributed by atoms with Crippen LogP contribution in [0.4, 0.5) is 0 Å². The fourth-order valence-electron chi connectivity index (χ4n) is 2.91. The highest BCUT2D eigenvalue weighted by Crippen LogP contribution is 2.26. The van der Waals surface area contributed by atoms with Gasteiger partial charge in [-0.1, -0.05) is 35.3 Å². The maximum atomic E-state index is 13.0. The monoisotopic (exact) mass is 462 g/mol. The first-order valence-electron chi connectivity index (χ1n) is 8.52. The molecule has 2 aromatic heterocycles. The number of aromatic amines is 1. The Labute approximate surface area is 182 Å². The molecule has 2 N–H and O–H groups in total. The van der Waals surface area contributed by atoms with Crippen molar-refractivity contribution in [3.8, 4) is 11.4 Å². The minimum Gasteiger partial charge on any atom is -0.489 e. The van der Waals surface area contributed by atoms with Crippen molar-refractivity contribution in [2.24, 2.45) is 0 Å². The fraction of sp³-hybridized carbons (Fsp3) is 0.0500. The molecule has 4 aromatic rings. The number of nitrogens with one attached hydrogen (secondary N) is 1. The summed E-state index contributed by atoms with van der Waals surface area (Å²) >= 11 is 13.0. The van der Waals surface area contributed by atoms with E-state index in [1.165, 1.54) is 17.5 Å². The maximum absolute atomic E-state index is 13.0. The number of rotatable bonds is 5. The molecule has 0 aliphatic rings. The van der Waals surface area contributed by atoms with Crippen LogP contribution in [0.3, 0.4) is 0 Å². The van der Waals surface area contributed by atoms with Crippen molar-refractivity contribution < 1.29 is 14.6 Å². The third-order valence-corrected chi connectivity index (χ3v) is 5.86. The van der Waals surface area contributed by atoms with Gasteiger partial charge in [-0.3, -0.25) is 4.79 Å². The molecule has 0 saturated heterocycles. The molecular formula is C20H12Cl2N2O5S. The molecule has 7 nitrogen and oxygen atoms in total. The van der Waals surface area contributed by atoms with Crippen LogP contribution in [0.5, 0.6) is 5.75 Å². The van der Waals surface area contributed by atoms with Gasteiger partial charge in [0, 0.05) is 16.5 Å². The van der Waals surface area contributed by atoms with Gasteiger partial charge in [-0.25, -0.2) is 14.2 Å². The van der Waals surface area contributed by atoms with Gasteiger partial charge in [-0.2, -0.15) is 0 Å². The van der Waals surface area contributed by atoms with Gasteiger partial charge in [0.05, 0.1) is 21.6 Å². The summed E-state index contributed by atoms with van der Waals surface area (Å²) in [6.07, 6.45) is 0. The fourth-order valence-corrected chi connectivity index (χ4v) is 4.07. The van der Waals surface area contributed by atoms with Gasteiger partial charge in [0.1, 0.15) is 17.2 Å². The van der Waals surface area contributed by atoms with Gasteiger partial charge < -0.3 is 14.8 Å². The lowest BCUT2D eigenvalue weighted by atomic mass is 10.2. The van der Waals surface area contributed by atoms with Crippen LogP contribution in [0.25, 0.3) is 16.6 Å². The highest BCUT2D eigenvalue weighted by atomic mass is 35.5. The Morgan fingerprint density at radius 2 is 1.87 bits per heavy atom. The second-order valence-electron chi connectivity index (χ2n) is 6.26. The zero-order valence-electron chi connectivity index (χ0n) is 15.0. The first-order chi connectivity index (χ1) is 14.3. The molecule has 2 aromatic carbocycles. The number of carbonyl (C=O) groups is 1. The van der Waals surface area contributed by atoms with Gasteiger partial charge in [0.15, 0.2) is 0 Å². The predicted molar refractivity (Wildman–Crippen MR) is 116 cm³/mol. The number of nitrogens with zero attached hydrogens (tertiary/aromatic N) is 1. The number of halogens is 2. The number of fused-ring (bicyclic) bond motifs is 1. The average molecular weight is 463 g/mol. The summed E-state index contributed by atoms with van der Waals surface area (Å²) in [7, 11) is 0. The second-order valence-corrected chi connectivity index (χ2v) is 7.98. The van der Waals surface area contributed by atoms with Gasteiger partial charge in [-0.15, -0.1) is 11.3 Å².